The summed E-state index contributed by atoms with van der Waals surface area (Å²) in [5, 5.41) is 10.5. The minimum absolute atomic E-state index is 0.0843. The van der Waals surface area contributed by atoms with Gasteiger partial charge in [0.1, 0.15) is 5.75 Å². The van der Waals surface area contributed by atoms with Crippen LogP contribution in [0.4, 0.5) is 0 Å². The Balaban J connectivity index is 2.95. The van der Waals surface area contributed by atoms with Crippen LogP contribution >= 0.6 is 0 Å². The highest BCUT2D eigenvalue weighted by Crippen LogP contribution is 2.30. The molecule has 0 fully saturated rings. The van der Waals surface area contributed by atoms with Crippen molar-refractivity contribution >= 4 is 16.8 Å². The fraction of sp³-hybridized carbons (Fsp3) is 0.182. The molecule has 14 heavy (non-hydrogen) atoms. The Bertz CT molecular complexity index is 511. The monoisotopic (exact) mass is 189 g/mol. The van der Waals surface area contributed by atoms with E-state index in [1.54, 1.807) is 13.0 Å². The number of aromatic hydroxyl groups is 1. The molecular weight excluding hydrogens is 178 g/mol. The van der Waals surface area contributed by atoms with Crippen LogP contribution in [0.15, 0.2) is 24.3 Å². The second-order valence-electron chi connectivity index (χ2n) is 3.31. The lowest BCUT2D eigenvalue weighted by Gasteiger charge is -2.00. The maximum atomic E-state index is 11.3. The molecule has 1 aromatic heterocycles. The minimum Gasteiger partial charge on any atom is -0.505 e. The Morgan fingerprint density at radius 2 is 2.00 bits per heavy atom. The summed E-state index contributed by atoms with van der Waals surface area (Å²) in [7, 11) is 0. The molecule has 0 bridgehead atoms. The first-order chi connectivity index (χ1) is 6.63. The molecule has 0 unspecified atom stereocenters. The third kappa shape index (κ3) is 1.02. The van der Waals surface area contributed by atoms with Gasteiger partial charge >= 0.3 is 0 Å². The highest BCUT2D eigenvalue weighted by atomic mass is 16.3. The van der Waals surface area contributed by atoms with Gasteiger partial charge in [-0.2, -0.15) is 0 Å². The standard InChI is InChI=1S/C11H11NO2/c1-7-11(14)9-5-3-4-6-10(9)12(7)8(2)13/h3-6,14H,1-2H3. The molecule has 1 heterocycles. The summed E-state index contributed by atoms with van der Waals surface area (Å²) < 4.78 is 1.52. The molecule has 0 aliphatic rings. The van der Waals surface area contributed by atoms with Gasteiger partial charge in [0.25, 0.3) is 0 Å². The molecule has 1 N–H and O–H groups in total. The van der Waals surface area contributed by atoms with Crippen LogP contribution in [0.2, 0.25) is 0 Å². The molecule has 1 aromatic carbocycles. The number of carbonyl (C=O) groups excluding carboxylic acids is 1. The zero-order valence-electron chi connectivity index (χ0n) is 8.11. The molecule has 2 aromatic rings. The van der Waals surface area contributed by atoms with Crippen LogP contribution in [0.3, 0.4) is 0 Å². The topological polar surface area (TPSA) is 42.2 Å². The molecule has 3 heteroatoms. The number of benzene rings is 1. The molecule has 0 aliphatic carbocycles. The average molecular weight is 189 g/mol. The molecule has 0 aliphatic heterocycles. The van der Waals surface area contributed by atoms with E-state index in [4.69, 9.17) is 0 Å². The van der Waals surface area contributed by atoms with Crippen molar-refractivity contribution in [2.75, 3.05) is 0 Å². The van der Waals surface area contributed by atoms with Crippen LogP contribution in [0.25, 0.3) is 10.9 Å². The van der Waals surface area contributed by atoms with Gasteiger partial charge in [-0.1, -0.05) is 12.1 Å². The summed E-state index contributed by atoms with van der Waals surface area (Å²) in [6.45, 7) is 3.22. The number of rotatable bonds is 0. The second kappa shape index (κ2) is 2.87. The van der Waals surface area contributed by atoms with Gasteiger partial charge in [0.2, 0.25) is 5.91 Å². The molecule has 72 valence electrons. The molecule has 3 nitrogen and oxygen atoms in total. The average Bonchev–Trinajstić information content (AvgIpc) is 2.41. The van der Waals surface area contributed by atoms with Crippen LogP contribution in [0, 0.1) is 6.92 Å². The molecule has 2 rings (SSSR count). The second-order valence-corrected chi connectivity index (χ2v) is 3.31. The van der Waals surface area contributed by atoms with Crippen molar-refractivity contribution in [2.24, 2.45) is 0 Å². The molecule has 0 atom stereocenters. The largest absolute Gasteiger partial charge is 0.505 e. The quantitative estimate of drug-likeness (QED) is 0.691. The third-order valence-corrected chi connectivity index (χ3v) is 2.39. The fourth-order valence-corrected chi connectivity index (χ4v) is 1.76. The lowest BCUT2D eigenvalue weighted by atomic mass is 10.2. The summed E-state index contributed by atoms with van der Waals surface area (Å²) in [5.74, 6) is 0.106. The van der Waals surface area contributed by atoms with Crippen LogP contribution in [-0.2, 0) is 0 Å². The van der Waals surface area contributed by atoms with Gasteiger partial charge in [-0.3, -0.25) is 9.36 Å². The van der Waals surface area contributed by atoms with E-state index in [-0.39, 0.29) is 11.7 Å². The first-order valence-electron chi connectivity index (χ1n) is 4.43. The van der Waals surface area contributed by atoms with Crippen LogP contribution in [0.5, 0.6) is 5.75 Å². The van der Waals surface area contributed by atoms with Gasteiger partial charge in [-0.15, -0.1) is 0 Å². The fourth-order valence-electron chi connectivity index (χ4n) is 1.76. The maximum Gasteiger partial charge on any atom is 0.228 e. The highest BCUT2D eigenvalue weighted by Gasteiger charge is 2.14. The number of hydrogen-bond donors (Lipinski definition) is 1. The molecule has 0 spiro atoms. The summed E-state index contributed by atoms with van der Waals surface area (Å²) >= 11 is 0. The van der Waals surface area contributed by atoms with E-state index in [2.05, 4.69) is 0 Å². The number of aromatic nitrogens is 1. The van der Waals surface area contributed by atoms with Crippen molar-refractivity contribution in [3.8, 4) is 5.75 Å². The number of carbonyl (C=O) groups is 1. The van der Waals surface area contributed by atoms with Crippen LogP contribution in [-0.4, -0.2) is 15.6 Å². The maximum absolute atomic E-state index is 11.3. The van der Waals surface area contributed by atoms with Gasteiger partial charge in [0.05, 0.1) is 11.2 Å². The molecule has 0 saturated carbocycles. The van der Waals surface area contributed by atoms with Crippen molar-refractivity contribution in [1.29, 1.82) is 0 Å². The van der Waals surface area contributed by atoms with E-state index < -0.39 is 0 Å². The predicted octanol–water partition coefficient (Wildman–Crippen LogP) is 2.32. The van der Waals surface area contributed by atoms with E-state index in [0.29, 0.717) is 5.69 Å². The van der Waals surface area contributed by atoms with Crippen LogP contribution in [0.1, 0.15) is 17.4 Å². The lowest BCUT2D eigenvalue weighted by molar-refractivity contribution is 0.0939. The zero-order chi connectivity index (χ0) is 10.3. The Labute approximate surface area is 81.6 Å². The van der Waals surface area contributed by atoms with E-state index in [1.807, 2.05) is 18.2 Å². The van der Waals surface area contributed by atoms with Crippen molar-refractivity contribution in [3.05, 3.63) is 30.0 Å². The summed E-state index contributed by atoms with van der Waals surface area (Å²) in [4.78, 5) is 11.3. The van der Waals surface area contributed by atoms with E-state index in [1.165, 1.54) is 11.5 Å². The van der Waals surface area contributed by atoms with Crippen molar-refractivity contribution < 1.29 is 9.90 Å². The van der Waals surface area contributed by atoms with Crippen molar-refractivity contribution in [1.82, 2.24) is 4.57 Å². The van der Waals surface area contributed by atoms with Crippen LogP contribution < -0.4 is 0 Å². The minimum atomic E-state index is -0.0843. The molecular formula is C11H11NO2. The van der Waals surface area contributed by atoms with Gasteiger partial charge in [-0.05, 0) is 19.1 Å². The smallest absolute Gasteiger partial charge is 0.228 e. The highest BCUT2D eigenvalue weighted by molar-refractivity contribution is 5.96. The summed E-state index contributed by atoms with van der Waals surface area (Å²) in [5.41, 5.74) is 1.36. The zero-order valence-corrected chi connectivity index (χ0v) is 8.11. The normalized spacial score (nSPS) is 10.7. The predicted molar refractivity (Wildman–Crippen MR) is 54.6 cm³/mol. The first kappa shape index (κ1) is 8.81. The van der Waals surface area contributed by atoms with E-state index in [9.17, 15) is 9.90 Å². The SMILES string of the molecule is CC(=O)n1c(C)c(O)c2ccccc21. The van der Waals surface area contributed by atoms with Gasteiger partial charge in [0.15, 0.2) is 0 Å². The van der Waals surface area contributed by atoms with Gasteiger partial charge < -0.3 is 5.11 Å². The summed E-state index contributed by atoms with van der Waals surface area (Å²) in [6.07, 6.45) is 0. The Kier molecular flexibility index (Phi) is 1.81. The van der Waals surface area contributed by atoms with E-state index >= 15 is 0 Å². The number of hydrogen-bond acceptors (Lipinski definition) is 2. The Morgan fingerprint density at radius 1 is 1.36 bits per heavy atom. The third-order valence-electron chi connectivity index (χ3n) is 2.39. The van der Waals surface area contributed by atoms with Gasteiger partial charge in [0, 0.05) is 12.3 Å². The molecule has 0 amide bonds. The molecule has 0 saturated heterocycles. The Morgan fingerprint density at radius 3 is 2.64 bits per heavy atom. The molecule has 0 radical (unpaired) electrons. The number of para-hydroxylation sites is 1. The van der Waals surface area contributed by atoms with Crippen molar-refractivity contribution in [3.63, 3.8) is 0 Å². The first-order valence-corrected chi connectivity index (χ1v) is 4.43. The van der Waals surface area contributed by atoms with E-state index in [0.717, 1.165) is 10.9 Å². The number of fused-ring (bicyclic) bond motifs is 1. The summed E-state index contributed by atoms with van der Waals surface area (Å²) in [6, 6.07) is 7.31. The van der Waals surface area contributed by atoms with Gasteiger partial charge in [-0.25, -0.2) is 0 Å². The number of nitrogens with zero attached hydrogens (tertiary/aromatic N) is 1. The van der Waals surface area contributed by atoms with Crippen molar-refractivity contribution in [2.45, 2.75) is 13.8 Å². The lowest BCUT2D eigenvalue weighted by Crippen LogP contribution is -2.06. The Hall–Kier alpha value is -1.77.